The average Bonchev–Trinajstić information content (AvgIpc) is 3.05. The first-order valence-corrected chi connectivity index (χ1v) is 12.5. The van der Waals surface area contributed by atoms with E-state index in [0.29, 0.717) is 11.4 Å². The van der Waals surface area contributed by atoms with Crippen molar-refractivity contribution in [1.82, 2.24) is 4.90 Å². The van der Waals surface area contributed by atoms with Gasteiger partial charge in [0.15, 0.2) is 0 Å². The van der Waals surface area contributed by atoms with Gasteiger partial charge in [-0.25, -0.2) is 0 Å². The summed E-state index contributed by atoms with van der Waals surface area (Å²) in [5, 5.41) is 8.81. The molecule has 1 saturated heterocycles. The number of alkyl halides is 3. The van der Waals surface area contributed by atoms with Crippen LogP contribution < -0.4 is 16.0 Å². The van der Waals surface area contributed by atoms with E-state index < -0.39 is 23.1 Å². The number of fused-ring (bicyclic) bond motifs is 1. The minimum absolute atomic E-state index is 0.0182. The number of amides is 2. The van der Waals surface area contributed by atoms with Gasteiger partial charge in [-0.05, 0) is 75.5 Å². The van der Waals surface area contributed by atoms with E-state index in [2.05, 4.69) is 27.8 Å². The standard InChI is InChI=1S/C27H33F3N4O2/c1-4-5-12-34-13-10-18(11-14-34)31-22-15-17(27(28,29)30)6-8-20(22)24(35)32-19-7-9-21-23(16-19)33-25(36)26(21,2)3/h6-9,15-16,18,31H,4-5,10-14H2,1-3H3,(H,32,35)(H,33,36). The van der Waals surface area contributed by atoms with Crippen molar-refractivity contribution in [3.63, 3.8) is 0 Å². The SMILES string of the molecule is CCCCN1CCC(Nc2cc(C(F)(F)F)ccc2C(=O)Nc2ccc3c(c2)NC(=O)C3(C)C)CC1. The molecule has 2 heterocycles. The number of hydrogen-bond donors (Lipinski definition) is 3. The molecular formula is C27H33F3N4O2. The van der Waals surface area contributed by atoms with Gasteiger partial charge in [0.05, 0.1) is 16.5 Å². The van der Waals surface area contributed by atoms with Crippen molar-refractivity contribution in [2.75, 3.05) is 35.6 Å². The number of hydrogen-bond acceptors (Lipinski definition) is 4. The first kappa shape index (κ1) is 26.0. The van der Waals surface area contributed by atoms with Crippen LogP contribution in [0.15, 0.2) is 36.4 Å². The molecule has 0 radical (unpaired) electrons. The fraction of sp³-hybridized carbons (Fsp3) is 0.481. The Labute approximate surface area is 209 Å². The summed E-state index contributed by atoms with van der Waals surface area (Å²) in [7, 11) is 0. The smallest absolute Gasteiger partial charge is 0.382 e. The van der Waals surface area contributed by atoms with Crippen LogP contribution in [-0.4, -0.2) is 42.4 Å². The lowest BCUT2D eigenvalue weighted by Gasteiger charge is -2.33. The Balaban J connectivity index is 1.53. The van der Waals surface area contributed by atoms with E-state index in [0.717, 1.165) is 63.0 Å². The molecule has 0 bridgehead atoms. The van der Waals surface area contributed by atoms with Gasteiger partial charge in [-0.1, -0.05) is 19.4 Å². The van der Waals surface area contributed by atoms with Gasteiger partial charge >= 0.3 is 6.18 Å². The van der Waals surface area contributed by atoms with Crippen molar-refractivity contribution in [3.8, 4) is 0 Å². The average molecular weight is 503 g/mol. The molecule has 0 saturated carbocycles. The number of carbonyl (C=O) groups excluding carboxylic acids is 2. The van der Waals surface area contributed by atoms with Crippen LogP contribution in [-0.2, 0) is 16.4 Å². The first-order chi connectivity index (χ1) is 17.0. The Morgan fingerprint density at radius 3 is 2.53 bits per heavy atom. The van der Waals surface area contributed by atoms with Crippen LogP contribution in [0.25, 0.3) is 0 Å². The van der Waals surface area contributed by atoms with Gasteiger partial charge in [-0.2, -0.15) is 13.2 Å². The largest absolute Gasteiger partial charge is 0.416 e. The molecule has 2 aromatic carbocycles. The van der Waals surface area contributed by atoms with E-state index in [1.54, 1.807) is 18.2 Å². The molecule has 2 aliphatic rings. The van der Waals surface area contributed by atoms with E-state index in [-0.39, 0.29) is 23.2 Å². The summed E-state index contributed by atoms with van der Waals surface area (Å²) < 4.78 is 40.3. The Bertz CT molecular complexity index is 1140. The summed E-state index contributed by atoms with van der Waals surface area (Å²) >= 11 is 0. The summed E-state index contributed by atoms with van der Waals surface area (Å²) in [4.78, 5) is 27.8. The number of benzene rings is 2. The van der Waals surface area contributed by atoms with Crippen LogP contribution in [0.2, 0.25) is 0 Å². The number of halogens is 3. The lowest BCUT2D eigenvalue weighted by atomic mass is 9.86. The predicted octanol–water partition coefficient (Wildman–Crippen LogP) is 5.86. The monoisotopic (exact) mass is 502 g/mol. The maximum Gasteiger partial charge on any atom is 0.416 e. The van der Waals surface area contributed by atoms with Crippen molar-refractivity contribution in [2.24, 2.45) is 0 Å². The quantitative estimate of drug-likeness (QED) is 0.443. The molecule has 0 aliphatic carbocycles. The fourth-order valence-electron chi connectivity index (χ4n) is 4.81. The lowest BCUT2D eigenvalue weighted by molar-refractivity contribution is -0.137. The third-order valence-corrected chi connectivity index (χ3v) is 7.13. The summed E-state index contributed by atoms with van der Waals surface area (Å²) in [6, 6.07) is 8.29. The zero-order chi connectivity index (χ0) is 26.1. The number of anilines is 3. The molecule has 4 rings (SSSR count). The topological polar surface area (TPSA) is 73.5 Å². The molecule has 0 aromatic heterocycles. The molecule has 2 amide bonds. The van der Waals surface area contributed by atoms with Crippen LogP contribution in [0.1, 0.15) is 67.9 Å². The van der Waals surface area contributed by atoms with Crippen LogP contribution in [0.4, 0.5) is 30.2 Å². The number of carbonyl (C=O) groups is 2. The molecule has 194 valence electrons. The summed E-state index contributed by atoms with van der Waals surface area (Å²) in [6.07, 6.45) is -0.683. The van der Waals surface area contributed by atoms with Crippen LogP contribution >= 0.6 is 0 Å². The lowest BCUT2D eigenvalue weighted by Crippen LogP contribution is -2.39. The maximum absolute atomic E-state index is 13.4. The summed E-state index contributed by atoms with van der Waals surface area (Å²) in [6.45, 7) is 8.55. The number of likely N-dealkylation sites (tertiary alicyclic amines) is 1. The van der Waals surface area contributed by atoms with E-state index in [4.69, 9.17) is 0 Å². The number of nitrogens with zero attached hydrogens (tertiary/aromatic N) is 1. The van der Waals surface area contributed by atoms with Gasteiger partial charge in [0.25, 0.3) is 5.91 Å². The Hall–Kier alpha value is -3.07. The van der Waals surface area contributed by atoms with Crippen LogP contribution in [0.5, 0.6) is 0 Å². The fourth-order valence-corrected chi connectivity index (χ4v) is 4.81. The molecule has 9 heteroatoms. The number of piperidine rings is 1. The molecule has 6 nitrogen and oxygen atoms in total. The second-order valence-corrected chi connectivity index (χ2v) is 10.2. The minimum atomic E-state index is -4.51. The number of unbranched alkanes of at least 4 members (excludes halogenated alkanes) is 1. The van der Waals surface area contributed by atoms with Gasteiger partial charge in [-0.3, -0.25) is 9.59 Å². The summed E-state index contributed by atoms with van der Waals surface area (Å²) in [5.74, 6) is -0.647. The molecular weight excluding hydrogens is 469 g/mol. The van der Waals surface area contributed by atoms with Crippen molar-refractivity contribution in [2.45, 2.75) is 64.1 Å². The highest BCUT2D eigenvalue weighted by Crippen LogP contribution is 2.39. The van der Waals surface area contributed by atoms with Crippen molar-refractivity contribution >= 4 is 28.9 Å². The van der Waals surface area contributed by atoms with Crippen molar-refractivity contribution in [3.05, 3.63) is 53.1 Å². The Morgan fingerprint density at radius 2 is 1.86 bits per heavy atom. The summed E-state index contributed by atoms with van der Waals surface area (Å²) in [5.41, 5.74) is 0.729. The van der Waals surface area contributed by atoms with Crippen molar-refractivity contribution in [1.29, 1.82) is 0 Å². The first-order valence-electron chi connectivity index (χ1n) is 12.5. The third kappa shape index (κ3) is 5.51. The highest BCUT2D eigenvalue weighted by molar-refractivity contribution is 6.10. The van der Waals surface area contributed by atoms with E-state index >= 15 is 0 Å². The molecule has 0 atom stereocenters. The third-order valence-electron chi connectivity index (χ3n) is 7.13. The minimum Gasteiger partial charge on any atom is -0.382 e. The highest BCUT2D eigenvalue weighted by atomic mass is 19.4. The normalized spacial score (nSPS) is 18.0. The second-order valence-electron chi connectivity index (χ2n) is 10.2. The zero-order valence-electron chi connectivity index (χ0n) is 20.9. The molecule has 36 heavy (non-hydrogen) atoms. The second kappa shape index (κ2) is 10.1. The van der Waals surface area contributed by atoms with Gasteiger partial charge in [0, 0.05) is 36.2 Å². The Morgan fingerprint density at radius 1 is 1.14 bits per heavy atom. The molecule has 3 N–H and O–H groups in total. The number of rotatable bonds is 7. The van der Waals surface area contributed by atoms with E-state index in [9.17, 15) is 22.8 Å². The van der Waals surface area contributed by atoms with Crippen LogP contribution in [0.3, 0.4) is 0 Å². The zero-order valence-corrected chi connectivity index (χ0v) is 20.9. The van der Waals surface area contributed by atoms with Gasteiger partial charge in [0.2, 0.25) is 5.91 Å². The predicted molar refractivity (Wildman–Crippen MR) is 135 cm³/mol. The Kier molecular flexibility index (Phi) is 7.31. The van der Waals surface area contributed by atoms with E-state index in [1.165, 1.54) is 6.07 Å². The van der Waals surface area contributed by atoms with E-state index in [1.807, 2.05) is 13.8 Å². The maximum atomic E-state index is 13.4. The van der Waals surface area contributed by atoms with Gasteiger partial charge in [0.1, 0.15) is 0 Å². The van der Waals surface area contributed by atoms with Gasteiger partial charge < -0.3 is 20.9 Å². The van der Waals surface area contributed by atoms with Gasteiger partial charge in [-0.15, -0.1) is 0 Å². The van der Waals surface area contributed by atoms with Crippen LogP contribution in [0, 0.1) is 0 Å². The highest BCUT2D eigenvalue weighted by Gasteiger charge is 2.38. The molecule has 2 aliphatic heterocycles. The van der Waals surface area contributed by atoms with Crippen molar-refractivity contribution < 1.29 is 22.8 Å². The number of nitrogens with one attached hydrogen (secondary N) is 3. The molecule has 0 spiro atoms. The molecule has 1 fully saturated rings. The molecule has 2 aromatic rings. The molecule has 0 unspecified atom stereocenters.